The highest BCUT2D eigenvalue weighted by Gasteiger charge is 2.28. The van der Waals surface area contributed by atoms with Gasteiger partial charge in [-0.1, -0.05) is 121 Å². The van der Waals surface area contributed by atoms with Crippen LogP contribution < -0.4 is 10.6 Å². The Kier molecular flexibility index (Phi) is 6.61. The molecule has 0 saturated heterocycles. The maximum atomic E-state index is 6.77. The molecule has 0 spiro atoms. The van der Waals surface area contributed by atoms with Crippen molar-refractivity contribution in [1.82, 2.24) is 15.6 Å². The van der Waals surface area contributed by atoms with Crippen molar-refractivity contribution in [3.63, 3.8) is 0 Å². The molecule has 5 heteroatoms. The molecule has 8 aromatic rings. The second-order valence-corrected chi connectivity index (χ2v) is 11.9. The van der Waals surface area contributed by atoms with E-state index in [1.807, 2.05) is 36.7 Å². The van der Waals surface area contributed by atoms with Crippen molar-refractivity contribution >= 4 is 38.5 Å². The number of amidine groups is 1. The Morgan fingerprint density at radius 2 is 1.30 bits per heavy atom. The minimum Gasteiger partial charge on any atom is -0.455 e. The molecule has 9 rings (SSSR count). The Morgan fingerprint density at radius 1 is 0.596 bits per heavy atom. The fourth-order valence-corrected chi connectivity index (χ4v) is 6.79. The summed E-state index contributed by atoms with van der Waals surface area (Å²) in [5.74, 6) is 0.857. The van der Waals surface area contributed by atoms with E-state index in [4.69, 9.17) is 9.41 Å². The van der Waals surface area contributed by atoms with Crippen molar-refractivity contribution in [2.45, 2.75) is 12.3 Å². The summed E-state index contributed by atoms with van der Waals surface area (Å²) in [7, 11) is 0. The predicted molar refractivity (Wildman–Crippen MR) is 191 cm³/mol. The van der Waals surface area contributed by atoms with Gasteiger partial charge in [0.2, 0.25) is 0 Å². The zero-order valence-corrected chi connectivity index (χ0v) is 25.5. The van der Waals surface area contributed by atoms with Crippen LogP contribution in [0.2, 0.25) is 0 Å². The number of furan rings is 1. The summed E-state index contributed by atoms with van der Waals surface area (Å²) < 4.78 is 6.77. The highest BCUT2D eigenvalue weighted by molar-refractivity contribution is 6.18. The van der Waals surface area contributed by atoms with Crippen LogP contribution in [0.15, 0.2) is 167 Å². The summed E-state index contributed by atoms with van der Waals surface area (Å²) in [5, 5.41) is 11.9. The van der Waals surface area contributed by atoms with Gasteiger partial charge in [0.15, 0.2) is 0 Å². The number of rotatable bonds is 5. The average molecular weight is 607 g/mol. The summed E-state index contributed by atoms with van der Waals surface area (Å²) in [6, 6.07) is 50.7. The lowest BCUT2D eigenvalue weighted by atomic mass is 9.91. The largest absolute Gasteiger partial charge is 0.455 e. The lowest BCUT2D eigenvalue weighted by Gasteiger charge is -2.33. The van der Waals surface area contributed by atoms with E-state index in [1.54, 1.807) is 0 Å². The first-order chi connectivity index (χ1) is 23.3. The number of hydrogen-bond acceptors (Lipinski definition) is 5. The molecule has 0 bridgehead atoms. The van der Waals surface area contributed by atoms with Crippen LogP contribution in [-0.2, 0) is 0 Å². The van der Waals surface area contributed by atoms with Gasteiger partial charge in [-0.15, -0.1) is 0 Å². The zero-order valence-electron chi connectivity index (χ0n) is 25.5. The van der Waals surface area contributed by atoms with Gasteiger partial charge in [0, 0.05) is 39.7 Å². The summed E-state index contributed by atoms with van der Waals surface area (Å²) in [4.78, 5) is 9.54. The SMILES string of the molecule is c1ccc(C2=NC(c3ccccc3)NC(c3ccccc3-c3ccc(-c4ccccc4)c4oc5cc6ccncc6cc5c34)N2)cc1. The molecule has 3 heterocycles. The van der Waals surface area contributed by atoms with E-state index in [0.717, 1.165) is 77.5 Å². The van der Waals surface area contributed by atoms with Gasteiger partial charge in [-0.2, -0.15) is 0 Å². The third-order valence-corrected chi connectivity index (χ3v) is 9.05. The van der Waals surface area contributed by atoms with Gasteiger partial charge in [-0.05, 0) is 57.5 Å². The zero-order chi connectivity index (χ0) is 31.2. The van der Waals surface area contributed by atoms with Crippen LogP contribution >= 0.6 is 0 Å². The van der Waals surface area contributed by atoms with Crippen molar-refractivity contribution in [2.75, 3.05) is 0 Å². The Balaban J connectivity index is 1.25. The molecule has 2 N–H and O–H groups in total. The molecule has 0 amide bonds. The van der Waals surface area contributed by atoms with E-state index in [0.29, 0.717) is 0 Å². The van der Waals surface area contributed by atoms with Crippen LogP contribution in [-0.4, -0.2) is 10.8 Å². The first-order valence-corrected chi connectivity index (χ1v) is 15.9. The summed E-state index contributed by atoms with van der Waals surface area (Å²) in [5.41, 5.74) is 9.44. The number of nitrogens with zero attached hydrogens (tertiary/aromatic N) is 2. The maximum Gasteiger partial charge on any atom is 0.143 e. The molecule has 1 aliphatic heterocycles. The fourth-order valence-electron chi connectivity index (χ4n) is 6.79. The van der Waals surface area contributed by atoms with Crippen LogP contribution in [0.5, 0.6) is 0 Å². The van der Waals surface area contributed by atoms with Gasteiger partial charge in [0.25, 0.3) is 0 Å². The second-order valence-electron chi connectivity index (χ2n) is 11.9. The van der Waals surface area contributed by atoms with E-state index in [1.165, 1.54) is 0 Å². The highest BCUT2D eigenvalue weighted by Crippen LogP contribution is 2.44. The molecular weight excluding hydrogens is 576 g/mol. The Morgan fingerprint density at radius 3 is 2.11 bits per heavy atom. The standard InChI is InChI=1S/C42H30N4O/c1-4-12-27(13-5-1)32-20-21-34(38-36-24-31-26-43-23-22-30(31)25-37(36)47-39(32)38)33-18-10-11-19-35(33)42-45-40(28-14-6-2-7-15-28)44-41(46-42)29-16-8-3-9-17-29/h1-26,40,42,45H,(H,44,46). The molecule has 0 fully saturated rings. The maximum absolute atomic E-state index is 6.77. The molecule has 2 unspecified atom stereocenters. The molecule has 5 nitrogen and oxygen atoms in total. The molecule has 0 radical (unpaired) electrons. The number of nitrogens with one attached hydrogen (secondary N) is 2. The summed E-state index contributed by atoms with van der Waals surface area (Å²) in [6.07, 6.45) is 3.32. The number of pyridine rings is 1. The van der Waals surface area contributed by atoms with E-state index < -0.39 is 0 Å². The highest BCUT2D eigenvalue weighted by atomic mass is 16.3. The summed E-state index contributed by atoms with van der Waals surface area (Å²) >= 11 is 0. The number of aromatic nitrogens is 1. The first-order valence-electron chi connectivity index (χ1n) is 15.9. The van der Waals surface area contributed by atoms with Gasteiger partial charge in [-0.25, -0.2) is 4.99 Å². The molecule has 1 aliphatic rings. The smallest absolute Gasteiger partial charge is 0.143 e. The first kappa shape index (κ1) is 27.3. The van der Waals surface area contributed by atoms with E-state index >= 15 is 0 Å². The van der Waals surface area contributed by atoms with E-state index in [9.17, 15) is 0 Å². The minimum atomic E-state index is -0.222. The van der Waals surface area contributed by atoms with Crippen molar-refractivity contribution in [1.29, 1.82) is 0 Å². The number of hydrogen-bond donors (Lipinski definition) is 2. The number of benzene rings is 6. The average Bonchev–Trinajstić information content (AvgIpc) is 3.53. The van der Waals surface area contributed by atoms with Crippen LogP contribution in [0.3, 0.4) is 0 Å². The van der Waals surface area contributed by atoms with Gasteiger partial charge < -0.3 is 9.73 Å². The van der Waals surface area contributed by atoms with Crippen molar-refractivity contribution < 1.29 is 4.42 Å². The Bertz CT molecular complexity index is 2420. The van der Waals surface area contributed by atoms with Gasteiger partial charge in [0.05, 0.1) is 0 Å². The molecule has 224 valence electrons. The Labute approximate surface area is 272 Å². The molecule has 2 atom stereocenters. The van der Waals surface area contributed by atoms with E-state index in [-0.39, 0.29) is 12.3 Å². The third-order valence-electron chi connectivity index (χ3n) is 9.05. The molecule has 6 aromatic carbocycles. The van der Waals surface area contributed by atoms with Crippen LogP contribution in [0.25, 0.3) is 55.0 Å². The topological polar surface area (TPSA) is 62.5 Å². The normalized spacial score (nSPS) is 16.3. The minimum absolute atomic E-state index is 0.212. The summed E-state index contributed by atoms with van der Waals surface area (Å²) in [6.45, 7) is 0. The van der Waals surface area contributed by atoms with Gasteiger partial charge in [-0.3, -0.25) is 10.3 Å². The van der Waals surface area contributed by atoms with E-state index in [2.05, 4.69) is 137 Å². The Hall–Kier alpha value is -6.04. The number of aliphatic imine (C=N–C) groups is 1. The predicted octanol–water partition coefficient (Wildman–Crippen LogP) is 9.81. The quantitative estimate of drug-likeness (QED) is 0.205. The van der Waals surface area contributed by atoms with Crippen LogP contribution in [0.1, 0.15) is 29.0 Å². The van der Waals surface area contributed by atoms with Gasteiger partial charge in [0.1, 0.15) is 29.3 Å². The molecular formula is C42H30N4O. The van der Waals surface area contributed by atoms with Crippen molar-refractivity contribution in [3.8, 4) is 22.3 Å². The second kappa shape index (κ2) is 11.4. The van der Waals surface area contributed by atoms with Crippen molar-refractivity contribution in [3.05, 3.63) is 175 Å². The molecule has 0 aliphatic carbocycles. The monoisotopic (exact) mass is 606 g/mol. The molecule has 47 heavy (non-hydrogen) atoms. The van der Waals surface area contributed by atoms with Crippen molar-refractivity contribution in [2.24, 2.45) is 4.99 Å². The van der Waals surface area contributed by atoms with Crippen LogP contribution in [0, 0.1) is 0 Å². The lowest BCUT2D eigenvalue weighted by molar-refractivity contribution is 0.409. The number of fused-ring (bicyclic) bond motifs is 4. The van der Waals surface area contributed by atoms with Crippen LogP contribution in [0.4, 0.5) is 0 Å². The third kappa shape index (κ3) is 4.85. The fraction of sp³-hybridized carbons (Fsp3) is 0.0476. The van der Waals surface area contributed by atoms with Gasteiger partial charge >= 0.3 is 0 Å². The molecule has 0 saturated carbocycles. The lowest BCUT2D eigenvalue weighted by Crippen LogP contribution is -2.45. The molecule has 2 aromatic heterocycles.